The van der Waals surface area contributed by atoms with Gasteiger partial charge in [-0.15, -0.1) is 0 Å². The van der Waals surface area contributed by atoms with Gasteiger partial charge in [-0.3, -0.25) is 4.79 Å². The Morgan fingerprint density at radius 3 is 2.38 bits per heavy atom. The fraction of sp³-hybridized carbons (Fsp3) is 0.933. The predicted molar refractivity (Wildman–Crippen MR) is 136 cm³/mol. The van der Waals surface area contributed by atoms with Crippen LogP contribution in [0, 0.1) is 46.3 Å². The van der Waals surface area contributed by atoms with Crippen molar-refractivity contribution >= 4 is 11.9 Å². The summed E-state index contributed by atoms with van der Waals surface area (Å²) in [6.45, 7) is 6.07. The van der Waals surface area contributed by atoms with Crippen molar-refractivity contribution in [2.45, 2.75) is 117 Å². The van der Waals surface area contributed by atoms with E-state index in [4.69, 9.17) is 4.74 Å². The van der Waals surface area contributed by atoms with Crippen LogP contribution in [0.15, 0.2) is 0 Å². The van der Waals surface area contributed by atoms with Crippen molar-refractivity contribution in [3.63, 3.8) is 0 Å². The van der Waals surface area contributed by atoms with Crippen molar-refractivity contribution in [3.8, 4) is 0 Å². The van der Waals surface area contributed by atoms with Crippen molar-refractivity contribution in [2.75, 3.05) is 13.2 Å². The van der Waals surface area contributed by atoms with Crippen LogP contribution < -0.4 is 0 Å². The number of hydrogen-bond acceptors (Lipinski definition) is 4. The maximum Gasteiger partial charge on any atom is 0.344 e. The molecule has 9 atom stereocenters. The molecule has 4 aliphatic carbocycles. The molecule has 0 spiro atoms. The van der Waals surface area contributed by atoms with Crippen LogP contribution in [0.25, 0.3) is 0 Å². The van der Waals surface area contributed by atoms with Gasteiger partial charge in [-0.1, -0.05) is 33.6 Å². The number of esters is 2. The minimum atomic E-state index is -3.59. The highest BCUT2D eigenvalue weighted by Crippen LogP contribution is 2.68. The zero-order valence-corrected chi connectivity index (χ0v) is 23.2. The quantitative estimate of drug-likeness (QED) is 0.290. The van der Waals surface area contributed by atoms with Crippen LogP contribution in [0.2, 0.25) is 0 Å². The van der Waals surface area contributed by atoms with Gasteiger partial charge in [0, 0.05) is 13.3 Å². The number of alkyl halides is 3. The third kappa shape index (κ3) is 5.85. The van der Waals surface area contributed by atoms with Gasteiger partial charge >= 0.3 is 11.9 Å². The Kier molecular flexibility index (Phi) is 8.60. The van der Waals surface area contributed by atoms with Gasteiger partial charge in [0.25, 0.3) is 5.92 Å². The second-order valence-electron chi connectivity index (χ2n) is 13.4. The second-order valence-corrected chi connectivity index (χ2v) is 13.4. The number of carbonyl (C=O) groups is 2. The van der Waals surface area contributed by atoms with E-state index in [0.29, 0.717) is 36.0 Å². The van der Waals surface area contributed by atoms with Gasteiger partial charge in [-0.05, 0) is 104 Å². The molecule has 4 fully saturated rings. The van der Waals surface area contributed by atoms with Crippen LogP contribution in [0.5, 0.6) is 0 Å². The molecule has 7 heteroatoms. The Balaban J connectivity index is 1.25. The first-order valence-electron chi connectivity index (χ1n) is 14.7. The monoisotopic (exact) mass is 528 g/mol. The molecule has 0 aromatic rings. The van der Waals surface area contributed by atoms with Crippen LogP contribution >= 0.6 is 0 Å². The van der Waals surface area contributed by atoms with E-state index in [-0.39, 0.29) is 6.42 Å². The van der Waals surface area contributed by atoms with E-state index >= 15 is 0 Å². The molecule has 0 saturated heterocycles. The van der Waals surface area contributed by atoms with E-state index in [9.17, 15) is 22.8 Å². The Morgan fingerprint density at radius 1 is 0.919 bits per heavy atom. The standard InChI is InChI=1S/C30H47F3O4/c1-19(8-13-26(34)37-18-27(35)36-17-25(31)30(4,32)33)22-11-12-23-21-10-9-20-7-5-6-15-28(20,2)24(21)14-16-29(22,23)3/h19-25H,5-18H2,1-4H3/t19-,20+,21+,22-,23+,24+,25?,28+,29-/m1/s1. The predicted octanol–water partition coefficient (Wildman–Crippen LogP) is 7.53. The lowest BCUT2D eigenvalue weighted by Gasteiger charge is -2.61. The van der Waals surface area contributed by atoms with Crippen molar-refractivity contribution in [1.82, 2.24) is 0 Å². The summed E-state index contributed by atoms with van der Waals surface area (Å²) in [4.78, 5) is 23.9. The fourth-order valence-electron chi connectivity index (χ4n) is 9.38. The molecule has 37 heavy (non-hydrogen) atoms. The molecule has 0 amide bonds. The molecule has 0 bridgehead atoms. The molecule has 0 N–H and O–H groups in total. The van der Waals surface area contributed by atoms with Crippen LogP contribution in [-0.2, 0) is 19.1 Å². The highest BCUT2D eigenvalue weighted by molar-refractivity contribution is 5.76. The Morgan fingerprint density at radius 2 is 1.65 bits per heavy atom. The SMILES string of the molecule is C[C@H](CCC(=O)OCC(=O)OCC(F)C(C)(F)F)[C@H]1CC[C@H]2[C@@H]3CC[C@@H]4CCCC[C@]4(C)[C@H]3CC[C@]12C. The van der Waals surface area contributed by atoms with Crippen LogP contribution in [-0.4, -0.2) is 37.2 Å². The third-order valence-corrected chi connectivity index (χ3v) is 11.4. The number of hydrogen-bond donors (Lipinski definition) is 0. The Bertz CT molecular complexity index is 828. The summed E-state index contributed by atoms with van der Waals surface area (Å²) >= 11 is 0. The molecule has 0 aromatic carbocycles. The third-order valence-electron chi connectivity index (χ3n) is 11.4. The molecule has 1 unspecified atom stereocenters. The number of carbonyl (C=O) groups excluding carboxylic acids is 2. The van der Waals surface area contributed by atoms with Crippen molar-refractivity contribution in [2.24, 2.45) is 46.3 Å². The van der Waals surface area contributed by atoms with Crippen molar-refractivity contribution in [1.29, 1.82) is 0 Å². The van der Waals surface area contributed by atoms with Gasteiger partial charge in [0.2, 0.25) is 0 Å². The molecule has 0 heterocycles. The summed E-state index contributed by atoms with van der Waals surface area (Å²) in [5.41, 5.74) is 0.871. The molecular weight excluding hydrogens is 481 g/mol. The van der Waals surface area contributed by atoms with Crippen molar-refractivity contribution < 1.29 is 32.2 Å². The topological polar surface area (TPSA) is 52.6 Å². The largest absolute Gasteiger partial charge is 0.460 e. The normalized spacial score (nSPS) is 39.1. The number of halogens is 3. The Hall–Kier alpha value is -1.27. The Labute approximate surface area is 220 Å². The van der Waals surface area contributed by atoms with Gasteiger partial charge in [0.15, 0.2) is 12.8 Å². The zero-order valence-electron chi connectivity index (χ0n) is 23.2. The molecule has 4 aliphatic rings. The molecule has 4 rings (SSSR count). The summed E-state index contributed by atoms with van der Waals surface area (Å²) in [7, 11) is 0. The molecular formula is C30H47F3O4. The lowest BCUT2D eigenvalue weighted by atomic mass is 9.44. The van der Waals surface area contributed by atoms with E-state index in [0.717, 1.165) is 23.7 Å². The first kappa shape index (κ1) is 28.7. The van der Waals surface area contributed by atoms with E-state index < -0.39 is 37.2 Å². The minimum absolute atomic E-state index is 0.205. The molecule has 0 aliphatic heterocycles. The molecule has 0 radical (unpaired) electrons. The summed E-state index contributed by atoms with van der Waals surface area (Å²) < 4.78 is 48.3. The maximum absolute atomic E-state index is 13.2. The van der Waals surface area contributed by atoms with E-state index in [2.05, 4.69) is 25.5 Å². The second kappa shape index (κ2) is 11.1. The number of ether oxygens (including phenoxy) is 2. The van der Waals surface area contributed by atoms with Crippen molar-refractivity contribution in [3.05, 3.63) is 0 Å². The summed E-state index contributed by atoms with van der Waals surface area (Å²) in [6, 6.07) is 0. The van der Waals surface area contributed by atoms with E-state index in [1.165, 1.54) is 64.2 Å². The lowest BCUT2D eigenvalue weighted by molar-refractivity contribution is -0.163. The maximum atomic E-state index is 13.2. The van der Waals surface area contributed by atoms with E-state index in [1.807, 2.05) is 0 Å². The van der Waals surface area contributed by atoms with Crippen LogP contribution in [0.1, 0.15) is 105 Å². The minimum Gasteiger partial charge on any atom is -0.460 e. The first-order chi connectivity index (χ1) is 17.4. The van der Waals surface area contributed by atoms with Gasteiger partial charge < -0.3 is 9.47 Å². The van der Waals surface area contributed by atoms with Crippen LogP contribution in [0.4, 0.5) is 13.2 Å². The van der Waals surface area contributed by atoms with Gasteiger partial charge in [-0.2, -0.15) is 0 Å². The summed E-state index contributed by atoms with van der Waals surface area (Å²) in [5, 5.41) is 0. The molecule has 4 saturated carbocycles. The average molecular weight is 529 g/mol. The highest BCUT2D eigenvalue weighted by atomic mass is 19.3. The molecule has 4 nitrogen and oxygen atoms in total. The zero-order chi connectivity index (χ0) is 27.0. The summed E-state index contributed by atoms with van der Waals surface area (Å²) in [6.07, 6.45) is 11.9. The lowest BCUT2D eigenvalue weighted by Crippen LogP contribution is -2.53. The first-order valence-corrected chi connectivity index (χ1v) is 14.7. The van der Waals surface area contributed by atoms with E-state index in [1.54, 1.807) is 0 Å². The fourth-order valence-corrected chi connectivity index (χ4v) is 9.38. The number of fused-ring (bicyclic) bond motifs is 5. The summed E-state index contributed by atoms with van der Waals surface area (Å²) in [5.74, 6) is -0.696. The number of rotatable bonds is 9. The highest BCUT2D eigenvalue weighted by Gasteiger charge is 2.60. The van der Waals surface area contributed by atoms with Gasteiger partial charge in [0.1, 0.15) is 6.61 Å². The van der Waals surface area contributed by atoms with Gasteiger partial charge in [0.05, 0.1) is 0 Å². The van der Waals surface area contributed by atoms with Crippen LogP contribution in [0.3, 0.4) is 0 Å². The molecule has 0 aromatic heterocycles. The van der Waals surface area contributed by atoms with Gasteiger partial charge in [-0.25, -0.2) is 18.0 Å². The smallest absolute Gasteiger partial charge is 0.344 e. The molecule has 212 valence electrons. The average Bonchev–Trinajstić information content (AvgIpc) is 3.20.